The molecule has 0 bridgehead atoms. The highest BCUT2D eigenvalue weighted by Gasteiger charge is 2.20. The maximum Gasteiger partial charge on any atom is 0.283 e. The number of anilines is 1. The quantitative estimate of drug-likeness (QED) is 0.685. The van der Waals surface area contributed by atoms with Gasteiger partial charge in [0.1, 0.15) is 17.5 Å². The molecule has 0 aromatic carbocycles. The highest BCUT2D eigenvalue weighted by atomic mass is 35.5. The van der Waals surface area contributed by atoms with Crippen LogP contribution in [0, 0.1) is 13.8 Å². The van der Waals surface area contributed by atoms with E-state index in [1.165, 1.54) is 17.1 Å². The van der Waals surface area contributed by atoms with Gasteiger partial charge in [0, 0.05) is 6.20 Å². The van der Waals surface area contributed by atoms with Gasteiger partial charge < -0.3 is 5.73 Å². The monoisotopic (exact) mass is 336 g/mol. The van der Waals surface area contributed by atoms with Crippen molar-refractivity contribution in [3.8, 4) is 0 Å². The molecule has 0 spiro atoms. The van der Waals surface area contributed by atoms with Crippen LogP contribution in [0.4, 0.5) is 5.95 Å². The number of nitrogens with two attached hydrogens (primary N) is 1. The van der Waals surface area contributed by atoms with Gasteiger partial charge in [-0.25, -0.2) is 14.5 Å². The molecule has 3 rings (SSSR count). The first-order valence-corrected chi connectivity index (χ1v) is 6.98. The molecule has 0 saturated carbocycles. The zero-order chi connectivity index (χ0) is 16.0. The molecule has 0 fully saturated rings. The van der Waals surface area contributed by atoms with E-state index in [2.05, 4.69) is 19.9 Å². The largest absolute Gasteiger partial charge is 0.368 e. The van der Waals surface area contributed by atoms with Crippen molar-refractivity contribution in [3.63, 3.8) is 0 Å². The Morgan fingerprint density at radius 3 is 2.64 bits per heavy atom. The summed E-state index contributed by atoms with van der Waals surface area (Å²) in [5.74, 6) is -0.432. The van der Waals surface area contributed by atoms with Gasteiger partial charge in [-0.3, -0.25) is 4.79 Å². The van der Waals surface area contributed by atoms with E-state index in [4.69, 9.17) is 28.9 Å². The second-order valence-corrected chi connectivity index (χ2v) is 5.43. The lowest BCUT2D eigenvalue weighted by Crippen LogP contribution is -2.16. The molecule has 0 unspecified atom stereocenters. The predicted octanol–water partition coefficient (Wildman–Crippen LogP) is 2.42. The van der Waals surface area contributed by atoms with E-state index < -0.39 is 5.91 Å². The minimum absolute atomic E-state index is 0.0379. The van der Waals surface area contributed by atoms with Crippen LogP contribution in [-0.2, 0) is 0 Å². The van der Waals surface area contributed by atoms with Gasteiger partial charge in [0.2, 0.25) is 5.95 Å². The van der Waals surface area contributed by atoms with Crippen LogP contribution >= 0.6 is 23.2 Å². The van der Waals surface area contributed by atoms with Crippen molar-refractivity contribution in [3.05, 3.63) is 39.5 Å². The molecule has 9 heteroatoms. The summed E-state index contributed by atoms with van der Waals surface area (Å²) >= 11 is 12.0. The van der Waals surface area contributed by atoms with E-state index in [1.807, 2.05) is 6.92 Å². The maximum atomic E-state index is 12.7. The van der Waals surface area contributed by atoms with Crippen molar-refractivity contribution >= 4 is 46.2 Å². The minimum Gasteiger partial charge on any atom is -0.368 e. The molecule has 3 aromatic heterocycles. The summed E-state index contributed by atoms with van der Waals surface area (Å²) in [6.45, 7) is 3.59. The molecule has 3 heterocycles. The Labute approximate surface area is 135 Å². The van der Waals surface area contributed by atoms with Crippen molar-refractivity contribution in [1.82, 2.24) is 24.5 Å². The lowest BCUT2D eigenvalue weighted by atomic mass is 10.1. The molecule has 0 radical (unpaired) electrons. The lowest BCUT2D eigenvalue weighted by molar-refractivity contribution is 0.0958. The topological polar surface area (TPSA) is 99.6 Å². The third-order valence-electron chi connectivity index (χ3n) is 3.38. The van der Waals surface area contributed by atoms with Crippen molar-refractivity contribution in [1.29, 1.82) is 0 Å². The summed E-state index contributed by atoms with van der Waals surface area (Å²) < 4.78 is 1.24. The van der Waals surface area contributed by atoms with Gasteiger partial charge >= 0.3 is 0 Å². The summed E-state index contributed by atoms with van der Waals surface area (Å²) in [4.78, 5) is 28.7. The number of hydrogen-bond acceptors (Lipinski definition) is 6. The van der Waals surface area contributed by atoms with Crippen LogP contribution in [0.5, 0.6) is 0 Å². The van der Waals surface area contributed by atoms with Crippen molar-refractivity contribution < 1.29 is 4.79 Å². The van der Waals surface area contributed by atoms with E-state index in [-0.39, 0.29) is 22.4 Å². The molecule has 0 aliphatic heterocycles. The highest BCUT2D eigenvalue weighted by molar-refractivity contribution is 6.33. The SMILES string of the molecule is Cc1c(Cl)cnc(C(=O)n2cnc3c(Cl)nc(N)nc32)c1C. The van der Waals surface area contributed by atoms with Crippen molar-refractivity contribution in [2.75, 3.05) is 5.73 Å². The molecule has 22 heavy (non-hydrogen) atoms. The third-order valence-corrected chi connectivity index (χ3v) is 4.02. The van der Waals surface area contributed by atoms with E-state index in [9.17, 15) is 4.79 Å². The van der Waals surface area contributed by atoms with Crippen molar-refractivity contribution in [2.45, 2.75) is 13.8 Å². The molecule has 0 amide bonds. The van der Waals surface area contributed by atoms with Crippen LogP contribution in [0.2, 0.25) is 10.2 Å². The first kappa shape index (κ1) is 14.7. The van der Waals surface area contributed by atoms with Crippen molar-refractivity contribution in [2.24, 2.45) is 0 Å². The normalized spacial score (nSPS) is 11.1. The number of halogens is 2. The molecule has 2 N–H and O–H groups in total. The zero-order valence-corrected chi connectivity index (χ0v) is 13.1. The first-order valence-electron chi connectivity index (χ1n) is 6.22. The number of nitrogens with zero attached hydrogens (tertiary/aromatic N) is 5. The summed E-state index contributed by atoms with van der Waals surface area (Å²) in [5.41, 5.74) is 7.84. The summed E-state index contributed by atoms with van der Waals surface area (Å²) in [7, 11) is 0. The molecule has 3 aromatic rings. The first-order chi connectivity index (χ1) is 10.4. The van der Waals surface area contributed by atoms with Gasteiger partial charge in [-0.1, -0.05) is 23.2 Å². The number of carbonyl (C=O) groups excluding carboxylic acids is 1. The molecule has 0 aliphatic rings. The van der Waals surface area contributed by atoms with Crippen LogP contribution in [0.25, 0.3) is 11.2 Å². The summed E-state index contributed by atoms with van der Waals surface area (Å²) in [6, 6.07) is 0. The van der Waals surface area contributed by atoms with E-state index >= 15 is 0 Å². The highest BCUT2D eigenvalue weighted by Crippen LogP contribution is 2.23. The van der Waals surface area contributed by atoms with Crippen LogP contribution in [0.3, 0.4) is 0 Å². The standard InChI is InChI=1S/C13H10Cl2N6O/c1-5-6(2)8(17-3-7(5)14)12(22)21-4-18-9-10(15)19-13(16)20-11(9)21/h3-4H,1-2H3,(H2,16,19,20). The van der Waals surface area contributed by atoms with Gasteiger partial charge in [0.25, 0.3) is 5.91 Å². The number of fused-ring (bicyclic) bond motifs is 1. The molecular formula is C13H10Cl2N6O. The van der Waals surface area contributed by atoms with Crippen LogP contribution in [0.15, 0.2) is 12.5 Å². The smallest absolute Gasteiger partial charge is 0.283 e. The second-order valence-electron chi connectivity index (χ2n) is 4.67. The Morgan fingerprint density at radius 1 is 1.18 bits per heavy atom. The Hall–Kier alpha value is -2.25. The average Bonchev–Trinajstić information content (AvgIpc) is 2.88. The summed E-state index contributed by atoms with van der Waals surface area (Å²) in [6.07, 6.45) is 2.75. The number of carbonyl (C=O) groups is 1. The second kappa shape index (κ2) is 5.19. The van der Waals surface area contributed by atoms with Gasteiger partial charge in [0.05, 0.1) is 5.02 Å². The molecule has 0 saturated heterocycles. The third kappa shape index (κ3) is 2.18. The van der Waals surface area contributed by atoms with Gasteiger partial charge in [-0.15, -0.1) is 0 Å². The molecular weight excluding hydrogens is 327 g/mol. The average molecular weight is 337 g/mol. The van der Waals surface area contributed by atoms with Crippen LogP contribution in [-0.4, -0.2) is 30.4 Å². The predicted molar refractivity (Wildman–Crippen MR) is 83.2 cm³/mol. The number of aromatic nitrogens is 5. The number of hydrogen-bond donors (Lipinski definition) is 1. The number of nitrogen functional groups attached to an aromatic ring is 1. The van der Waals surface area contributed by atoms with Crippen LogP contribution in [0.1, 0.15) is 21.6 Å². The number of rotatable bonds is 1. The number of imidazole rings is 1. The minimum atomic E-state index is -0.395. The fourth-order valence-corrected chi connectivity index (χ4v) is 2.44. The fraction of sp³-hybridized carbons (Fsp3) is 0.154. The Kier molecular flexibility index (Phi) is 3.46. The fourth-order valence-electron chi connectivity index (χ4n) is 2.03. The van der Waals surface area contributed by atoms with Crippen LogP contribution < -0.4 is 5.73 Å². The van der Waals surface area contributed by atoms with Gasteiger partial charge in [-0.05, 0) is 25.0 Å². The molecule has 112 valence electrons. The molecule has 7 nitrogen and oxygen atoms in total. The van der Waals surface area contributed by atoms with E-state index in [1.54, 1.807) is 6.92 Å². The summed E-state index contributed by atoms with van der Waals surface area (Å²) in [5, 5.41) is 0.588. The van der Waals surface area contributed by atoms with Gasteiger partial charge in [0.15, 0.2) is 10.8 Å². The molecule has 0 atom stereocenters. The van der Waals surface area contributed by atoms with E-state index in [0.29, 0.717) is 16.1 Å². The van der Waals surface area contributed by atoms with E-state index in [0.717, 1.165) is 5.56 Å². The van der Waals surface area contributed by atoms with Gasteiger partial charge in [-0.2, -0.15) is 9.97 Å². The zero-order valence-electron chi connectivity index (χ0n) is 11.6. The lowest BCUT2D eigenvalue weighted by Gasteiger charge is -2.09. The molecule has 0 aliphatic carbocycles. The Morgan fingerprint density at radius 2 is 1.91 bits per heavy atom. The Balaban J connectivity index is 2.20. The Bertz CT molecular complexity index is 921. The number of pyridine rings is 1. The maximum absolute atomic E-state index is 12.7.